The van der Waals surface area contributed by atoms with Crippen molar-refractivity contribution in [2.75, 3.05) is 13.1 Å². The molecule has 0 bridgehead atoms. The maximum Gasteiger partial charge on any atom is 0.271 e. The van der Waals surface area contributed by atoms with Gasteiger partial charge in [-0.3, -0.25) is 14.7 Å². The van der Waals surface area contributed by atoms with Crippen LogP contribution < -0.4 is 5.32 Å². The van der Waals surface area contributed by atoms with Crippen molar-refractivity contribution < 1.29 is 9.32 Å². The number of carbonyl (C=O) groups is 1. The summed E-state index contributed by atoms with van der Waals surface area (Å²) in [5, 5.41) is 7.19. The minimum Gasteiger partial charge on any atom is -0.348 e. The van der Waals surface area contributed by atoms with E-state index in [0.29, 0.717) is 23.3 Å². The molecule has 0 unspecified atom stereocenters. The van der Waals surface area contributed by atoms with Crippen molar-refractivity contribution in [2.24, 2.45) is 5.92 Å². The minimum atomic E-state index is -0.240. The Bertz CT molecular complexity index is 1020. The second-order valence-electron chi connectivity index (χ2n) is 8.36. The normalized spacial score (nSPS) is 25.9. The van der Waals surface area contributed by atoms with Crippen LogP contribution in [0.2, 0.25) is 0 Å². The van der Waals surface area contributed by atoms with Gasteiger partial charge < -0.3 is 9.84 Å². The summed E-state index contributed by atoms with van der Waals surface area (Å²) in [6.45, 7) is 4.51. The van der Waals surface area contributed by atoms with Crippen LogP contribution in [-0.4, -0.2) is 50.0 Å². The van der Waals surface area contributed by atoms with Gasteiger partial charge in [-0.1, -0.05) is 35.5 Å². The van der Waals surface area contributed by atoms with E-state index < -0.39 is 0 Å². The molecule has 2 fully saturated rings. The van der Waals surface area contributed by atoms with Crippen LogP contribution in [0.3, 0.4) is 0 Å². The summed E-state index contributed by atoms with van der Waals surface area (Å²) in [7, 11) is 0. The zero-order valence-corrected chi connectivity index (χ0v) is 16.9. The van der Waals surface area contributed by atoms with Gasteiger partial charge in [-0.2, -0.15) is 4.98 Å². The third-order valence-corrected chi connectivity index (χ3v) is 6.28. The minimum absolute atomic E-state index is 0.0376. The molecule has 8 heteroatoms. The molecule has 2 aliphatic rings. The highest BCUT2D eigenvalue weighted by molar-refractivity contribution is 5.92. The number of fused-ring (bicyclic) bond motifs is 1. The summed E-state index contributed by atoms with van der Waals surface area (Å²) in [5.74, 6) is 1.49. The van der Waals surface area contributed by atoms with E-state index in [-0.39, 0.29) is 17.4 Å². The fraction of sp³-hybridized carbons (Fsp3) is 0.409. The maximum atomic E-state index is 12.6. The van der Waals surface area contributed by atoms with Gasteiger partial charge >= 0.3 is 0 Å². The van der Waals surface area contributed by atoms with Gasteiger partial charge in [0.1, 0.15) is 5.69 Å². The highest BCUT2D eigenvalue weighted by Crippen LogP contribution is 2.50. The van der Waals surface area contributed by atoms with Crippen LogP contribution in [0.25, 0.3) is 0 Å². The molecule has 3 heterocycles. The number of benzene rings is 1. The molecule has 3 aromatic rings. The summed E-state index contributed by atoms with van der Waals surface area (Å²) < 4.78 is 5.67. The van der Waals surface area contributed by atoms with Crippen LogP contribution in [0.1, 0.15) is 40.6 Å². The molecule has 3 atom stereocenters. The number of carbonyl (C=O) groups excluding carboxylic acids is 1. The van der Waals surface area contributed by atoms with E-state index in [1.165, 1.54) is 18.0 Å². The topological polar surface area (TPSA) is 97.0 Å². The van der Waals surface area contributed by atoms with Gasteiger partial charge in [0.25, 0.3) is 5.91 Å². The van der Waals surface area contributed by atoms with Crippen LogP contribution in [0.4, 0.5) is 0 Å². The average molecular weight is 404 g/mol. The highest BCUT2D eigenvalue weighted by atomic mass is 16.5. The first-order valence-electron chi connectivity index (χ1n) is 10.3. The lowest BCUT2D eigenvalue weighted by Gasteiger charge is -2.25. The van der Waals surface area contributed by atoms with E-state index in [0.717, 1.165) is 32.5 Å². The van der Waals surface area contributed by atoms with E-state index in [4.69, 9.17) is 4.52 Å². The van der Waals surface area contributed by atoms with E-state index in [1.54, 1.807) is 6.20 Å². The molecule has 1 aliphatic heterocycles. The van der Waals surface area contributed by atoms with Gasteiger partial charge in [-0.15, -0.1) is 0 Å². The molecule has 1 aliphatic carbocycles. The lowest BCUT2D eigenvalue weighted by molar-refractivity contribution is 0.0928. The van der Waals surface area contributed by atoms with Crippen LogP contribution in [0, 0.1) is 12.8 Å². The van der Waals surface area contributed by atoms with Crippen molar-refractivity contribution in [3.63, 3.8) is 0 Å². The van der Waals surface area contributed by atoms with Gasteiger partial charge in [-0.05, 0) is 31.2 Å². The second kappa shape index (κ2) is 7.60. The Morgan fingerprint density at radius 3 is 2.90 bits per heavy atom. The van der Waals surface area contributed by atoms with Gasteiger partial charge in [-0.25, -0.2) is 4.98 Å². The number of aryl methyl sites for hydroxylation is 1. The molecule has 8 nitrogen and oxygen atoms in total. The Kier molecular flexibility index (Phi) is 4.78. The number of aromatic nitrogens is 4. The smallest absolute Gasteiger partial charge is 0.271 e. The largest absolute Gasteiger partial charge is 0.348 e. The Morgan fingerprint density at radius 2 is 2.17 bits per heavy atom. The van der Waals surface area contributed by atoms with E-state index in [1.807, 2.05) is 13.0 Å². The van der Waals surface area contributed by atoms with Gasteiger partial charge in [0.05, 0.1) is 11.6 Å². The number of hydrogen-bond acceptors (Lipinski definition) is 7. The molecule has 30 heavy (non-hydrogen) atoms. The molecular weight excluding hydrogens is 380 g/mol. The van der Waals surface area contributed by atoms with Crippen LogP contribution >= 0.6 is 0 Å². The Hall–Kier alpha value is -3.13. The number of amides is 1. The molecule has 1 saturated heterocycles. The van der Waals surface area contributed by atoms with Crippen molar-refractivity contribution in [3.05, 3.63) is 71.9 Å². The number of rotatable bonds is 5. The molecule has 0 radical (unpaired) electrons. The average Bonchev–Trinajstić information content (AvgIpc) is 3.42. The highest BCUT2D eigenvalue weighted by Gasteiger charge is 2.57. The van der Waals surface area contributed by atoms with Crippen molar-refractivity contribution in [1.82, 2.24) is 30.3 Å². The molecule has 1 saturated carbocycles. The number of nitrogens with one attached hydrogen (secondary N) is 1. The predicted molar refractivity (Wildman–Crippen MR) is 108 cm³/mol. The molecule has 5 rings (SSSR count). The maximum absolute atomic E-state index is 12.6. The predicted octanol–water partition coefficient (Wildman–Crippen LogP) is 2.13. The summed E-state index contributed by atoms with van der Waals surface area (Å²) >= 11 is 0. The summed E-state index contributed by atoms with van der Waals surface area (Å²) in [4.78, 5) is 27.7. The first-order chi connectivity index (χ1) is 14.6. The Morgan fingerprint density at radius 1 is 1.30 bits per heavy atom. The van der Waals surface area contributed by atoms with E-state index >= 15 is 0 Å². The first kappa shape index (κ1) is 18.9. The summed E-state index contributed by atoms with van der Waals surface area (Å²) in [6, 6.07) is 10.5. The van der Waals surface area contributed by atoms with Crippen LogP contribution in [-0.2, 0) is 12.0 Å². The molecule has 0 spiro atoms. The van der Waals surface area contributed by atoms with Gasteiger partial charge in [0.15, 0.2) is 5.82 Å². The molecule has 1 N–H and O–H groups in total. The molecule has 2 aromatic heterocycles. The van der Waals surface area contributed by atoms with Crippen molar-refractivity contribution in [3.8, 4) is 0 Å². The van der Waals surface area contributed by atoms with Crippen LogP contribution in [0.15, 0.2) is 53.4 Å². The second-order valence-corrected chi connectivity index (χ2v) is 8.36. The lowest BCUT2D eigenvalue weighted by Crippen LogP contribution is -2.38. The Labute approximate surface area is 174 Å². The SMILES string of the molecule is Cc1noc([C@]23C[C@H](NC(=O)c4cnccn4)C[C@H]2CN(Cc2ccccc2)C3)n1. The van der Waals surface area contributed by atoms with E-state index in [9.17, 15) is 4.79 Å². The summed E-state index contributed by atoms with van der Waals surface area (Å²) in [5.41, 5.74) is 1.39. The zero-order valence-electron chi connectivity index (χ0n) is 16.9. The monoisotopic (exact) mass is 404 g/mol. The quantitative estimate of drug-likeness (QED) is 0.696. The first-order valence-corrected chi connectivity index (χ1v) is 10.3. The van der Waals surface area contributed by atoms with Gasteiger partial charge in [0, 0.05) is 38.1 Å². The van der Waals surface area contributed by atoms with E-state index in [2.05, 4.69) is 54.6 Å². The van der Waals surface area contributed by atoms with Crippen LogP contribution in [0.5, 0.6) is 0 Å². The Balaban J connectivity index is 1.35. The van der Waals surface area contributed by atoms with Crippen molar-refractivity contribution >= 4 is 5.91 Å². The van der Waals surface area contributed by atoms with Crippen molar-refractivity contribution in [1.29, 1.82) is 0 Å². The third kappa shape index (κ3) is 3.47. The number of nitrogens with zero attached hydrogens (tertiary/aromatic N) is 5. The summed E-state index contributed by atoms with van der Waals surface area (Å²) in [6.07, 6.45) is 6.23. The number of hydrogen-bond donors (Lipinski definition) is 1. The number of likely N-dealkylation sites (tertiary alicyclic amines) is 1. The fourth-order valence-corrected chi connectivity index (χ4v) is 5.05. The van der Waals surface area contributed by atoms with Gasteiger partial charge in [0.2, 0.25) is 5.89 Å². The molecule has 1 amide bonds. The third-order valence-electron chi connectivity index (χ3n) is 6.28. The molecular formula is C22H24N6O2. The molecule has 154 valence electrons. The lowest BCUT2D eigenvalue weighted by atomic mass is 9.80. The fourth-order valence-electron chi connectivity index (χ4n) is 5.05. The molecule has 1 aromatic carbocycles. The zero-order chi connectivity index (χ0) is 20.6. The standard InChI is InChI=1S/C22H24N6O2/c1-15-25-21(30-27-15)22-10-18(26-20(29)19-11-23-7-8-24-19)9-17(22)13-28(14-22)12-16-5-3-2-4-6-16/h2-8,11,17-18H,9-10,12-14H2,1H3,(H,26,29)/t17-,18+,22-/m0/s1. The van der Waals surface area contributed by atoms with Crippen molar-refractivity contribution in [2.45, 2.75) is 37.8 Å².